The molecule has 0 atom stereocenters. The highest BCUT2D eigenvalue weighted by molar-refractivity contribution is 7.98. The summed E-state index contributed by atoms with van der Waals surface area (Å²) < 4.78 is 16.2. The first-order chi connectivity index (χ1) is 16.6. The number of halogens is 1. The monoisotopic (exact) mass is 474 g/mol. The molecule has 5 nitrogen and oxygen atoms in total. The van der Waals surface area contributed by atoms with Gasteiger partial charge in [0.15, 0.2) is 5.16 Å². The molecule has 0 bridgehead atoms. The van der Waals surface area contributed by atoms with Crippen LogP contribution in [0, 0.1) is 11.7 Å². The van der Waals surface area contributed by atoms with E-state index < -0.39 is 0 Å². The van der Waals surface area contributed by atoms with Gasteiger partial charge in [0.1, 0.15) is 5.82 Å². The first kappa shape index (κ1) is 22.6. The van der Waals surface area contributed by atoms with Crippen LogP contribution in [0.4, 0.5) is 4.39 Å². The lowest BCUT2D eigenvalue weighted by Crippen LogP contribution is -2.37. The van der Waals surface area contributed by atoms with E-state index in [0.717, 1.165) is 53.2 Å². The Morgan fingerprint density at radius 1 is 1.09 bits per heavy atom. The van der Waals surface area contributed by atoms with Crippen molar-refractivity contribution < 1.29 is 9.18 Å². The Morgan fingerprint density at radius 2 is 1.85 bits per heavy atom. The fourth-order valence-electron chi connectivity index (χ4n) is 4.30. The summed E-state index contributed by atoms with van der Waals surface area (Å²) in [6.45, 7) is 4.50. The van der Waals surface area contributed by atoms with Crippen molar-refractivity contribution in [3.8, 4) is 0 Å². The number of benzene rings is 2. The van der Waals surface area contributed by atoms with Gasteiger partial charge in [-0.15, -0.1) is 0 Å². The number of nitrogens with zero attached hydrogens (tertiary/aromatic N) is 4. The van der Waals surface area contributed by atoms with Crippen LogP contribution in [0.5, 0.6) is 0 Å². The molecule has 2 aromatic carbocycles. The molecule has 1 aliphatic heterocycles. The number of thioether (sulfide) groups is 1. The zero-order valence-electron chi connectivity index (χ0n) is 19.2. The molecule has 1 saturated heterocycles. The van der Waals surface area contributed by atoms with Crippen LogP contribution in [-0.2, 0) is 12.3 Å². The molecule has 2 aromatic heterocycles. The van der Waals surface area contributed by atoms with Crippen molar-refractivity contribution in [1.82, 2.24) is 19.4 Å². The number of fused-ring (bicyclic) bond motifs is 1. The van der Waals surface area contributed by atoms with Crippen LogP contribution < -0.4 is 0 Å². The number of piperidine rings is 1. The number of hydrogen-bond acceptors (Lipinski definition) is 4. The van der Waals surface area contributed by atoms with Crippen molar-refractivity contribution in [2.45, 2.75) is 37.2 Å². The van der Waals surface area contributed by atoms with Crippen LogP contribution in [-0.4, -0.2) is 38.4 Å². The van der Waals surface area contributed by atoms with Crippen molar-refractivity contribution in [3.05, 3.63) is 89.5 Å². The van der Waals surface area contributed by atoms with Gasteiger partial charge in [0.05, 0.1) is 23.8 Å². The van der Waals surface area contributed by atoms with Gasteiger partial charge in [-0.05, 0) is 54.2 Å². The maximum absolute atomic E-state index is 14.1. The Kier molecular flexibility index (Phi) is 6.63. The second-order valence-corrected chi connectivity index (χ2v) is 9.84. The van der Waals surface area contributed by atoms with Crippen LogP contribution >= 0.6 is 11.8 Å². The van der Waals surface area contributed by atoms with Crippen molar-refractivity contribution in [3.63, 3.8) is 0 Å². The smallest absolute Gasteiger partial charge is 0.253 e. The molecule has 0 N–H and O–H groups in total. The van der Waals surface area contributed by atoms with Gasteiger partial charge in [-0.25, -0.2) is 9.37 Å². The van der Waals surface area contributed by atoms with Crippen LogP contribution in [0.15, 0.2) is 72.1 Å². The minimum Gasteiger partial charge on any atom is -0.339 e. The summed E-state index contributed by atoms with van der Waals surface area (Å²) in [5.41, 5.74) is 4.24. The number of rotatable bonds is 6. The summed E-state index contributed by atoms with van der Waals surface area (Å²) in [5.74, 6) is 1.08. The van der Waals surface area contributed by atoms with Gasteiger partial charge < -0.3 is 9.47 Å². The van der Waals surface area contributed by atoms with Crippen LogP contribution in [0.2, 0.25) is 0 Å². The van der Waals surface area contributed by atoms with Gasteiger partial charge in [-0.1, -0.05) is 49.0 Å². The Hall–Kier alpha value is -3.19. The van der Waals surface area contributed by atoms with Gasteiger partial charge in [-0.3, -0.25) is 9.78 Å². The van der Waals surface area contributed by atoms with Gasteiger partial charge in [0.25, 0.3) is 5.91 Å². The van der Waals surface area contributed by atoms with E-state index in [-0.39, 0.29) is 11.7 Å². The number of amides is 1. The fourth-order valence-corrected chi connectivity index (χ4v) is 5.30. The lowest BCUT2D eigenvalue weighted by molar-refractivity contribution is 0.0697. The SMILES string of the molecule is CC1CCN(C(=O)c2ccc(Cn3c(SCc4ccccc4F)nc4ccncc43)cc2)CC1. The quantitative estimate of drug-likeness (QED) is 0.332. The summed E-state index contributed by atoms with van der Waals surface area (Å²) in [5, 5.41) is 0.814. The average Bonchev–Trinajstić information content (AvgIpc) is 3.21. The predicted octanol–water partition coefficient (Wildman–Crippen LogP) is 5.78. The van der Waals surface area contributed by atoms with E-state index in [1.807, 2.05) is 47.5 Å². The van der Waals surface area contributed by atoms with Crippen molar-refractivity contribution in [2.75, 3.05) is 13.1 Å². The highest BCUT2D eigenvalue weighted by Gasteiger charge is 2.21. The minimum absolute atomic E-state index is 0.108. The van der Waals surface area contributed by atoms with E-state index in [1.165, 1.54) is 17.8 Å². The van der Waals surface area contributed by atoms with E-state index in [4.69, 9.17) is 4.98 Å². The molecule has 34 heavy (non-hydrogen) atoms. The molecule has 4 aromatic rings. The molecule has 7 heteroatoms. The summed E-state index contributed by atoms with van der Waals surface area (Å²) in [7, 11) is 0. The molecule has 174 valence electrons. The lowest BCUT2D eigenvalue weighted by atomic mass is 9.98. The molecule has 3 heterocycles. The molecule has 1 amide bonds. The highest BCUT2D eigenvalue weighted by Crippen LogP contribution is 2.28. The van der Waals surface area contributed by atoms with Crippen molar-refractivity contribution >= 4 is 28.7 Å². The van der Waals surface area contributed by atoms with Crippen LogP contribution in [0.1, 0.15) is 41.3 Å². The van der Waals surface area contributed by atoms with Gasteiger partial charge in [0.2, 0.25) is 0 Å². The molecule has 0 saturated carbocycles. The molecule has 0 radical (unpaired) electrons. The molecule has 0 unspecified atom stereocenters. The summed E-state index contributed by atoms with van der Waals surface area (Å²) in [6.07, 6.45) is 5.68. The lowest BCUT2D eigenvalue weighted by Gasteiger charge is -2.30. The van der Waals surface area contributed by atoms with Crippen LogP contribution in [0.25, 0.3) is 11.0 Å². The molecule has 5 rings (SSSR count). The predicted molar refractivity (Wildman–Crippen MR) is 133 cm³/mol. The zero-order chi connectivity index (χ0) is 23.5. The Morgan fingerprint density at radius 3 is 2.62 bits per heavy atom. The number of imidazole rings is 1. The number of carbonyl (C=O) groups is 1. The van der Waals surface area contributed by atoms with Gasteiger partial charge in [0, 0.05) is 30.6 Å². The third-order valence-corrected chi connectivity index (χ3v) is 7.47. The highest BCUT2D eigenvalue weighted by atomic mass is 32.2. The maximum Gasteiger partial charge on any atom is 0.253 e. The first-order valence-electron chi connectivity index (χ1n) is 11.6. The summed E-state index contributed by atoms with van der Waals surface area (Å²) in [4.78, 5) is 23.9. The van der Waals surface area contributed by atoms with E-state index in [2.05, 4.69) is 16.5 Å². The number of pyridine rings is 1. The molecule has 0 aliphatic carbocycles. The minimum atomic E-state index is -0.206. The van der Waals surface area contributed by atoms with E-state index in [1.54, 1.807) is 18.3 Å². The molecule has 1 fully saturated rings. The normalized spacial score (nSPS) is 14.6. The van der Waals surface area contributed by atoms with Crippen molar-refractivity contribution in [2.24, 2.45) is 5.92 Å². The topological polar surface area (TPSA) is 51.0 Å². The average molecular weight is 475 g/mol. The number of likely N-dealkylation sites (tertiary alicyclic amines) is 1. The summed E-state index contributed by atoms with van der Waals surface area (Å²) in [6, 6.07) is 16.6. The largest absolute Gasteiger partial charge is 0.339 e. The Balaban J connectivity index is 1.35. The van der Waals surface area contributed by atoms with Crippen LogP contribution in [0.3, 0.4) is 0 Å². The molecular formula is C27H27FN4OS. The summed E-state index contributed by atoms with van der Waals surface area (Å²) >= 11 is 1.51. The van der Waals surface area contributed by atoms with E-state index in [0.29, 0.717) is 23.8 Å². The Bertz CT molecular complexity index is 1300. The maximum atomic E-state index is 14.1. The Labute approximate surface area is 203 Å². The first-order valence-corrected chi connectivity index (χ1v) is 12.6. The molecular weight excluding hydrogens is 447 g/mol. The zero-order valence-corrected chi connectivity index (χ0v) is 20.0. The number of aromatic nitrogens is 3. The third-order valence-electron chi connectivity index (χ3n) is 6.44. The number of carbonyl (C=O) groups excluding carboxylic acids is 1. The van der Waals surface area contributed by atoms with E-state index in [9.17, 15) is 9.18 Å². The number of hydrogen-bond donors (Lipinski definition) is 0. The van der Waals surface area contributed by atoms with Gasteiger partial charge >= 0.3 is 0 Å². The van der Waals surface area contributed by atoms with Gasteiger partial charge in [-0.2, -0.15) is 0 Å². The molecule has 0 spiro atoms. The van der Waals surface area contributed by atoms with E-state index >= 15 is 0 Å². The standard InChI is InChI=1S/C27H27FN4OS/c1-19-11-14-31(15-12-19)26(33)21-8-6-20(7-9-21)17-32-25-16-29-13-10-24(25)30-27(32)34-18-22-4-2-3-5-23(22)28/h2-10,13,16,19H,11-12,14-15,17-18H2,1H3. The molecule has 1 aliphatic rings. The van der Waals surface area contributed by atoms with Crippen molar-refractivity contribution in [1.29, 1.82) is 0 Å². The second kappa shape index (κ2) is 9.97. The third kappa shape index (κ3) is 4.85. The second-order valence-electron chi connectivity index (χ2n) is 8.90. The fraction of sp³-hybridized carbons (Fsp3) is 0.296.